The lowest BCUT2D eigenvalue weighted by Gasteiger charge is -2.30. The maximum Gasteiger partial charge on any atom is 0.334 e. The van der Waals surface area contributed by atoms with Gasteiger partial charge in [-0.25, -0.2) is 24.1 Å². The average molecular weight is 610 g/mol. The Labute approximate surface area is 252 Å². The molecular weight excluding hydrogens is 583 g/mol. The summed E-state index contributed by atoms with van der Waals surface area (Å²) < 4.78 is 7.80. The van der Waals surface area contributed by atoms with Crippen molar-refractivity contribution in [3.63, 3.8) is 0 Å². The summed E-state index contributed by atoms with van der Waals surface area (Å²) >= 11 is 16.9. The number of aromatic nitrogens is 4. The van der Waals surface area contributed by atoms with Gasteiger partial charge in [-0.05, 0) is 47.5 Å². The highest BCUT2D eigenvalue weighted by Gasteiger charge is 2.37. The lowest BCUT2D eigenvalue weighted by Crippen LogP contribution is -2.36. The van der Waals surface area contributed by atoms with E-state index in [0.29, 0.717) is 62.2 Å². The van der Waals surface area contributed by atoms with Crippen LogP contribution in [0.2, 0.25) is 10.0 Å². The Morgan fingerprint density at radius 2 is 1.83 bits per heavy atom. The van der Waals surface area contributed by atoms with Crippen LogP contribution in [0.1, 0.15) is 16.8 Å². The second-order valence-corrected chi connectivity index (χ2v) is 10.5. The number of aryl methyl sites for hydroxylation is 1. The Balaban J connectivity index is 1.71. The molecule has 0 aliphatic carbocycles. The number of carbonyl (C=O) groups is 1. The van der Waals surface area contributed by atoms with Gasteiger partial charge in [-0.1, -0.05) is 66.3 Å². The van der Waals surface area contributed by atoms with E-state index in [-0.39, 0.29) is 5.95 Å². The van der Waals surface area contributed by atoms with E-state index in [4.69, 9.17) is 32.9 Å². The Morgan fingerprint density at radius 1 is 1.07 bits per heavy atom. The summed E-state index contributed by atoms with van der Waals surface area (Å²) in [6.07, 6.45) is 3.25. The highest BCUT2D eigenvalue weighted by atomic mass is 35.5. The van der Waals surface area contributed by atoms with Crippen LogP contribution in [-0.2, 0) is 17.4 Å². The molecule has 0 bridgehead atoms. The minimum atomic E-state index is -1.59. The fraction of sp³-hybridized carbons (Fsp3) is 0.172. The summed E-state index contributed by atoms with van der Waals surface area (Å²) in [6, 6.07) is 19.1. The van der Waals surface area contributed by atoms with Crippen LogP contribution in [0.4, 0.5) is 10.7 Å². The molecular formula is C29H26Cl2N6O3S. The van der Waals surface area contributed by atoms with E-state index in [1.807, 2.05) is 25.2 Å². The molecule has 0 aliphatic heterocycles. The minimum Gasteiger partial charge on any atom is -0.383 e. The van der Waals surface area contributed by atoms with Crippen LogP contribution in [0.25, 0.3) is 22.2 Å². The Hall–Kier alpha value is -3.67. The maximum atomic E-state index is 12.7. The number of carbonyl (C=O) groups excluding carboxylic acids is 1. The van der Waals surface area contributed by atoms with Crippen LogP contribution in [0.15, 0.2) is 79.3 Å². The van der Waals surface area contributed by atoms with Crippen molar-refractivity contribution in [2.75, 3.05) is 24.6 Å². The third kappa shape index (κ3) is 5.74. The van der Waals surface area contributed by atoms with Crippen LogP contribution in [0, 0.1) is 0 Å². The second kappa shape index (κ2) is 12.1. The number of rotatable bonds is 8. The summed E-state index contributed by atoms with van der Waals surface area (Å²) in [6.45, 7) is 0.636. The Kier molecular flexibility index (Phi) is 8.48. The van der Waals surface area contributed by atoms with Gasteiger partial charge in [-0.3, -0.25) is 0 Å². The third-order valence-corrected chi connectivity index (χ3v) is 7.46. The number of hydrogen-bond donors (Lipinski definition) is 3. The van der Waals surface area contributed by atoms with Crippen molar-refractivity contribution in [2.45, 2.75) is 5.60 Å². The first-order valence-electron chi connectivity index (χ1n) is 12.5. The van der Waals surface area contributed by atoms with Gasteiger partial charge in [0.1, 0.15) is 0 Å². The molecule has 5 aromatic rings. The van der Waals surface area contributed by atoms with Gasteiger partial charge in [-0.2, -0.15) is 0 Å². The molecule has 12 heteroatoms. The third-order valence-electron chi connectivity index (χ3n) is 6.61. The quantitative estimate of drug-likeness (QED) is 0.156. The van der Waals surface area contributed by atoms with Crippen molar-refractivity contribution in [2.24, 2.45) is 7.05 Å². The van der Waals surface area contributed by atoms with Crippen molar-refractivity contribution < 1.29 is 14.6 Å². The van der Waals surface area contributed by atoms with Crippen molar-refractivity contribution in [1.29, 1.82) is 0 Å². The van der Waals surface area contributed by atoms with E-state index < -0.39 is 11.6 Å². The number of nitrogens with zero attached hydrogens (tertiary/aromatic N) is 5. The molecule has 0 saturated carbocycles. The number of aliphatic hydroxyl groups is 1. The fourth-order valence-electron chi connectivity index (χ4n) is 4.58. The average Bonchev–Trinajstić information content (AvgIpc) is 3.42. The van der Waals surface area contributed by atoms with Crippen LogP contribution >= 0.6 is 36.0 Å². The van der Waals surface area contributed by atoms with E-state index in [1.54, 1.807) is 72.7 Å². The number of imidazole rings is 1. The summed E-state index contributed by atoms with van der Waals surface area (Å²) in [4.78, 5) is 26.3. The van der Waals surface area contributed by atoms with Crippen molar-refractivity contribution in [3.05, 3.63) is 106 Å². The topological polar surface area (TPSA) is 105 Å². The van der Waals surface area contributed by atoms with Crippen molar-refractivity contribution in [1.82, 2.24) is 24.8 Å². The van der Waals surface area contributed by atoms with Crippen LogP contribution in [0.3, 0.4) is 0 Å². The highest BCUT2D eigenvalue weighted by molar-refractivity contribution is 7.82. The molecule has 2 aromatic heterocycles. The first-order chi connectivity index (χ1) is 19.7. The molecule has 2 amide bonds. The molecule has 41 heavy (non-hydrogen) atoms. The molecule has 0 spiro atoms. The van der Waals surface area contributed by atoms with Gasteiger partial charge in [0, 0.05) is 41.7 Å². The second-order valence-electron chi connectivity index (χ2n) is 9.26. The molecule has 2 heterocycles. The number of thiol groups is 1. The van der Waals surface area contributed by atoms with Crippen molar-refractivity contribution >= 4 is 58.9 Å². The molecule has 1 unspecified atom stereocenters. The number of fused-ring (bicyclic) bond motifs is 1. The minimum absolute atomic E-state index is 0.0677. The van der Waals surface area contributed by atoms with Gasteiger partial charge >= 0.3 is 6.03 Å². The number of urea groups is 1. The summed E-state index contributed by atoms with van der Waals surface area (Å²) in [5, 5.41) is 16.8. The first kappa shape index (κ1) is 28.8. The summed E-state index contributed by atoms with van der Waals surface area (Å²) in [5.41, 5.74) is 1.83. The number of anilines is 1. The van der Waals surface area contributed by atoms with E-state index >= 15 is 0 Å². The van der Waals surface area contributed by atoms with Crippen LogP contribution in [-0.4, -0.2) is 50.9 Å². The number of amides is 2. The van der Waals surface area contributed by atoms with E-state index in [1.165, 1.54) is 0 Å². The molecule has 5 rings (SSSR count). The number of hydrogen-bond acceptors (Lipinski definition) is 7. The number of nitrogens with one attached hydrogen (secondary N) is 1. The lowest BCUT2D eigenvalue weighted by atomic mass is 9.83. The predicted octanol–water partition coefficient (Wildman–Crippen LogP) is 5.63. The molecule has 3 aromatic carbocycles. The van der Waals surface area contributed by atoms with Gasteiger partial charge in [0.25, 0.3) is 0 Å². The van der Waals surface area contributed by atoms with Crippen LogP contribution < -0.4 is 9.62 Å². The highest BCUT2D eigenvalue weighted by Crippen LogP contribution is 2.40. The first-order valence-corrected chi connectivity index (χ1v) is 13.7. The van der Waals surface area contributed by atoms with Gasteiger partial charge < -0.3 is 19.7 Å². The molecule has 210 valence electrons. The monoisotopic (exact) mass is 608 g/mol. The zero-order chi connectivity index (χ0) is 29.1. The van der Waals surface area contributed by atoms with E-state index in [0.717, 1.165) is 4.31 Å². The number of benzene rings is 3. The van der Waals surface area contributed by atoms with Gasteiger partial charge in [0.2, 0.25) is 5.95 Å². The maximum absolute atomic E-state index is 12.7. The SMILES string of the molecule is COCCNC(=O)N(S)c1nc(-c2cccc(Cl)c2)c2cc(C(O)(c3ccc(Cl)cc3)c3cncn3C)ccc2n1. The smallest absolute Gasteiger partial charge is 0.334 e. The van der Waals surface area contributed by atoms with E-state index in [9.17, 15) is 9.90 Å². The Bertz CT molecular complexity index is 1720. The molecule has 0 radical (unpaired) electrons. The molecule has 2 N–H and O–H groups in total. The summed E-state index contributed by atoms with van der Waals surface area (Å²) in [7, 11) is 3.36. The molecule has 9 nitrogen and oxygen atoms in total. The largest absolute Gasteiger partial charge is 0.383 e. The van der Waals surface area contributed by atoms with E-state index in [2.05, 4.69) is 28.1 Å². The molecule has 0 fully saturated rings. The number of methoxy groups -OCH3 is 1. The zero-order valence-electron chi connectivity index (χ0n) is 22.1. The van der Waals surface area contributed by atoms with Gasteiger partial charge in [0.15, 0.2) is 5.60 Å². The summed E-state index contributed by atoms with van der Waals surface area (Å²) in [5.74, 6) is 0.0677. The van der Waals surface area contributed by atoms with Gasteiger partial charge in [-0.15, -0.1) is 0 Å². The predicted molar refractivity (Wildman–Crippen MR) is 163 cm³/mol. The molecule has 1 atom stereocenters. The molecule has 0 aliphatic rings. The van der Waals surface area contributed by atoms with Crippen molar-refractivity contribution in [3.8, 4) is 11.3 Å². The molecule has 0 saturated heterocycles. The normalized spacial score (nSPS) is 12.7. The standard InChI is InChI=1S/C29H26Cl2N6O3S/c1-36-17-32-16-25(36)29(39,19-6-9-21(30)10-7-19)20-8-11-24-23(15-20)26(18-4-3-5-22(31)14-18)35-27(34-24)37(41)28(38)33-12-13-40-2/h3-11,14-17,39,41H,12-13H2,1-2H3,(H,33,38). The fourth-order valence-corrected chi connectivity index (χ4v) is 5.05. The van der Waals surface area contributed by atoms with Gasteiger partial charge in [0.05, 0.1) is 36.0 Å². The lowest BCUT2D eigenvalue weighted by molar-refractivity contribution is 0.117. The Morgan fingerprint density at radius 3 is 2.51 bits per heavy atom. The van der Waals surface area contributed by atoms with Crippen LogP contribution in [0.5, 0.6) is 0 Å². The number of ether oxygens (including phenoxy) is 1. The number of halogens is 2. The zero-order valence-corrected chi connectivity index (χ0v) is 24.5.